The average molecular weight is 199 g/mol. The summed E-state index contributed by atoms with van der Waals surface area (Å²) in [6.07, 6.45) is 5.54. The van der Waals surface area contributed by atoms with Gasteiger partial charge in [0.1, 0.15) is 5.72 Å². The van der Waals surface area contributed by atoms with Gasteiger partial charge in [-0.1, -0.05) is 27.7 Å². The lowest BCUT2D eigenvalue weighted by atomic mass is 9.89. The Labute approximate surface area is 88.4 Å². The topological polar surface area (TPSA) is 21.3 Å². The summed E-state index contributed by atoms with van der Waals surface area (Å²) >= 11 is 0. The molecular formula is C12H25NO. The summed E-state index contributed by atoms with van der Waals surface area (Å²) in [6.45, 7) is 9.99. The highest BCUT2D eigenvalue weighted by molar-refractivity contribution is 4.90. The van der Waals surface area contributed by atoms with E-state index in [0.717, 1.165) is 38.6 Å². The molecule has 0 atom stereocenters. The van der Waals surface area contributed by atoms with E-state index in [2.05, 4.69) is 33.0 Å². The second kappa shape index (κ2) is 4.63. The van der Waals surface area contributed by atoms with Gasteiger partial charge in [0.2, 0.25) is 0 Å². The van der Waals surface area contributed by atoms with Gasteiger partial charge in [0.25, 0.3) is 0 Å². The fourth-order valence-electron chi connectivity index (χ4n) is 2.41. The molecule has 0 radical (unpaired) electrons. The molecule has 1 rings (SSSR count). The van der Waals surface area contributed by atoms with Crippen LogP contribution in [-0.2, 0) is 4.74 Å². The van der Waals surface area contributed by atoms with E-state index >= 15 is 0 Å². The maximum atomic E-state index is 6.35. The van der Waals surface area contributed by atoms with Gasteiger partial charge in [-0.3, -0.25) is 5.32 Å². The molecule has 14 heavy (non-hydrogen) atoms. The van der Waals surface area contributed by atoms with Crippen molar-refractivity contribution in [3.63, 3.8) is 0 Å². The molecule has 0 aromatic heterocycles. The van der Waals surface area contributed by atoms with E-state index in [0.29, 0.717) is 0 Å². The molecule has 1 heterocycles. The number of rotatable bonds is 4. The van der Waals surface area contributed by atoms with Crippen LogP contribution in [0.5, 0.6) is 0 Å². The Balaban J connectivity index is 2.75. The van der Waals surface area contributed by atoms with Gasteiger partial charge in [0.15, 0.2) is 0 Å². The zero-order valence-corrected chi connectivity index (χ0v) is 10.2. The molecule has 0 amide bonds. The lowest BCUT2D eigenvalue weighted by Gasteiger charge is -2.48. The van der Waals surface area contributed by atoms with Crippen molar-refractivity contribution in [3.8, 4) is 0 Å². The van der Waals surface area contributed by atoms with E-state index in [9.17, 15) is 0 Å². The molecule has 1 aliphatic heterocycles. The number of ether oxygens (including phenoxy) is 1. The van der Waals surface area contributed by atoms with E-state index in [-0.39, 0.29) is 11.3 Å². The first-order chi connectivity index (χ1) is 6.66. The molecule has 1 aliphatic rings. The fourth-order valence-corrected chi connectivity index (χ4v) is 2.41. The fraction of sp³-hybridized carbons (Fsp3) is 1.00. The lowest BCUT2D eigenvalue weighted by Crippen LogP contribution is -2.58. The second-order valence-electron chi connectivity index (χ2n) is 4.37. The standard InChI is InChI=1S/C12H25NO/c1-5-11(6-2)9-10-13-12(7-3,8-4)14-11/h13H,5-10H2,1-4H3. The van der Waals surface area contributed by atoms with Crippen LogP contribution in [0.15, 0.2) is 0 Å². The minimum atomic E-state index is -0.0513. The van der Waals surface area contributed by atoms with Crippen LogP contribution in [0.4, 0.5) is 0 Å². The lowest BCUT2D eigenvalue weighted by molar-refractivity contribution is -0.207. The molecule has 1 saturated heterocycles. The van der Waals surface area contributed by atoms with Gasteiger partial charge in [-0.25, -0.2) is 0 Å². The van der Waals surface area contributed by atoms with Crippen molar-refractivity contribution < 1.29 is 4.74 Å². The number of hydrogen-bond donors (Lipinski definition) is 1. The Bertz CT molecular complexity index is 153. The molecule has 2 nitrogen and oxygen atoms in total. The minimum Gasteiger partial charge on any atom is -0.354 e. The molecular weight excluding hydrogens is 174 g/mol. The van der Waals surface area contributed by atoms with Gasteiger partial charge < -0.3 is 4.74 Å². The van der Waals surface area contributed by atoms with Gasteiger partial charge in [-0.15, -0.1) is 0 Å². The van der Waals surface area contributed by atoms with E-state index in [4.69, 9.17) is 4.74 Å². The third-order valence-electron chi connectivity index (χ3n) is 3.87. The summed E-state index contributed by atoms with van der Waals surface area (Å²) in [6, 6.07) is 0. The van der Waals surface area contributed by atoms with E-state index in [1.807, 2.05) is 0 Å². The van der Waals surface area contributed by atoms with Crippen molar-refractivity contribution in [3.05, 3.63) is 0 Å². The summed E-state index contributed by atoms with van der Waals surface area (Å²) < 4.78 is 6.35. The average Bonchev–Trinajstić information content (AvgIpc) is 2.29. The van der Waals surface area contributed by atoms with Crippen molar-refractivity contribution in [2.24, 2.45) is 0 Å². The Morgan fingerprint density at radius 3 is 2.00 bits per heavy atom. The normalized spacial score (nSPS) is 24.9. The first-order valence-corrected chi connectivity index (χ1v) is 6.11. The van der Waals surface area contributed by atoms with Crippen molar-refractivity contribution in [2.45, 2.75) is 71.1 Å². The first kappa shape index (κ1) is 12.0. The Kier molecular flexibility index (Phi) is 3.96. The van der Waals surface area contributed by atoms with Gasteiger partial charge in [-0.05, 0) is 32.1 Å². The Hall–Kier alpha value is -0.0800. The summed E-state index contributed by atoms with van der Waals surface area (Å²) in [5.74, 6) is 0. The van der Waals surface area contributed by atoms with Gasteiger partial charge in [0, 0.05) is 6.54 Å². The van der Waals surface area contributed by atoms with Crippen LogP contribution in [0.3, 0.4) is 0 Å². The van der Waals surface area contributed by atoms with Crippen LogP contribution in [0.25, 0.3) is 0 Å². The number of nitrogens with one attached hydrogen (secondary N) is 1. The summed E-state index contributed by atoms with van der Waals surface area (Å²) in [7, 11) is 0. The molecule has 0 saturated carbocycles. The molecule has 1 N–H and O–H groups in total. The van der Waals surface area contributed by atoms with Crippen molar-refractivity contribution in [2.75, 3.05) is 6.54 Å². The molecule has 0 aliphatic carbocycles. The second-order valence-corrected chi connectivity index (χ2v) is 4.37. The van der Waals surface area contributed by atoms with Crippen LogP contribution >= 0.6 is 0 Å². The highest BCUT2D eigenvalue weighted by Gasteiger charge is 2.41. The number of hydrogen-bond acceptors (Lipinski definition) is 2. The zero-order chi connectivity index (χ0) is 10.7. The van der Waals surface area contributed by atoms with Crippen molar-refractivity contribution in [1.82, 2.24) is 5.32 Å². The molecule has 0 spiro atoms. The molecule has 0 bridgehead atoms. The summed E-state index contributed by atoms with van der Waals surface area (Å²) in [5, 5.41) is 3.53. The largest absolute Gasteiger partial charge is 0.354 e. The Morgan fingerprint density at radius 2 is 1.57 bits per heavy atom. The molecule has 0 aromatic rings. The van der Waals surface area contributed by atoms with Crippen LogP contribution < -0.4 is 5.32 Å². The summed E-state index contributed by atoms with van der Waals surface area (Å²) in [5.41, 5.74) is 0.0849. The Morgan fingerprint density at radius 1 is 1.00 bits per heavy atom. The van der Waals surface area contributed by atoms with Gasteiger partial charge >= 0.3 is 0 Å². The third-order valence-corrected chi connectivity index (χ3v) is 3.87. The van der Waals surface area contributed by atoms with Crippen LogP contribution in [0.2, 0.25) is 0 Å². The smallest absolute Gasteiger partial charge is 0.119 e. The molecule has 0 unspecified atom stereocenters. The quantitative estimate of drug-likeness (QED) is 0.751. The van der Waals surface area contributed by atoms with E-state index in [1.165, 1.54) is 0 Å². The highest BCUT2D eigenvalue weighted by atomic mass is 16.5. The molecule has 0 aromatic carbocycles. The third kappa shape index (κ3) is 2.12. The maximum Gasteiger partial charge on any atom is 0.119 e. The monoisotopic (exact) mass is 199 g/mol. The van der Waals surface area contributed by atoms with Crippen molar-refractivity contribution in [1.29, 1.82) is 0 Å². The van der Waals surface area contributed by atoms with Crippen LogP contribution in [0.1, 0.15) is 59.8 Å². The van der Waals surface area contributed by atoms with Crippen LogP contribution in [-0.4, -0.2) is 17.9 Å². The molecule has 2 heteroatoms. The zero-order valence-electron chi connectivity index (χ0n) is 10.2. The van der Waals surface area contributed by atoms with E-state index < -0.39 is 0 Å². The molecule has 1 fully saturated rings. The van der Waals surface area contributed by atoms with Crippen LogP contribution in [0, 0.1) is 0 Å². The predicted octanol–water partition coefficient (Wildman–Crippen LogP) is 3.07. The van der Waals surface area contributed by atoms with Gasteiger partial charge in [-0.2, -0.15) is 0 Å². The first-order valence-electron chi connectivity index (χ1n) is 6.11. The van der Waals surface area contributed by atoms with Crippen molar-refractivity contribution >= 4 is 0 Å². The predicted molar refractivity (Wildman–Crippen MR) is 60.3 cm³/mol. The molecule has 84 valence electrons. The maximum absolute atomic E-state index is 6.35. The SMILES string of the molecule is CCC1(CC)CCNC(CC)(CC)O1. The highest BCUT2D eigenvalue weighted by Crippen LogP contribution is 2.35. The minimum absolute atomic E-state index is 0.0513. The van der Waals surface area contributed by atoms with E-state index in [1.54, 1.807) is 0 Å². The summed E-state index contributed by atoms with van der Waals surface area (Å²) in [4.78, 5) is 0. The van der Waals surface area contributed by atoms with Gasteiger partial charge in [0.05, 0.1) is 5.60 Å².